The van der Waals surface area contributed by atoms with E-state index in [1.54, 1.807) is 18.2 Å². The topological polar surface area (TPSA) is 38.3 Å². The van der Waals surface area contributed by atoms with Crippen LogP contribution in [0.25, 0.3) is 0 Å². The average molecular weight is 478 g/mol. The lowest BCUT2D eigenvalue weighted by molar-refractivity contribution is 0.102. The Bertz CT molecular complexity index is 678. The lowest BCUT2D eigenvalue weighted by Crippen LogP contribution is -2.14. The minimum Gasteiger partial charge on any atom is -0.496 e. The Hall–Kier alpha value is -0.850. The van der Waals surface area contributed by atoms with E-state index in [-0.39, 0.29) is 5.91 Å². The minimum absolute atomic E-state index is 0.232. The number of anilines is 1. The molecule has 0 saturated heterocycles. The number of amides is 1. The molecule has 0 spiro atoms. The van der Waals surface area contributed by atoms with Crippen LogP contribution in [0, 0.1) is 6.92 Å². The first-order valence-corrected chi connectivity index (χ1v) is 8.41. The molecule has 0 bridgehead atoms. The molecule has 2 aromatic rings. The number of ether oxygens (including phenoxy) is 1. The van der Waals surface area contributed by atoms with Gasteiger partial charge in [0.1, 0.15) is 5.75 Å². The molecule has 110 valence electrons. The van der Waals surface area contributed by atoms with Gasteiger partial charge in [-0.3, -0.25) is 4.79 Å². The van der Waals surface area contributed by atoms with Crippen molar-refractivity contribution in [2.45, 2.75) is 6.92 Å². The number of hydrogen-bond acceptors (Lipinski definition) is 2. The molecule has 0 aliphatic carbocycles. The van der Waals surface area contributed by atoms with E-state index in [0.29, 0.717) is 17.0 Å². The van der Waals surface area contributed by atoms with E-state index in [1.165, 1.54) is 7.11 Å². The highest BCUT2D eigenvalue weighted by Gasteiger charge is 2.16. The van der Waals surface area contributed by atoms with E-state index in [2.05, 4.69) is 53.1 Å². The lowest BCUT2D eigenvalue weighted by Gasteiger charge is -2.13. The van der Waals surface area contributed by atoms with Crippen LogP contribution in [-0.4, -0.2) is 13.0 Å². The number of methoxy groups -OCH3 is 1. The second kappa shape index (κ2) is 6.94. The number of aryl methyl sites for hydroxylation is 1. The SMILES string of the molecule is COc1cc(Br)ccc1C(=O)Nc1c(Br)cc(C)cc1Br. The second-order valence-corrected chi connectivity index (χ2v) is 7.03. The van der Waals surface area contributed by atoms with Gasteiger partial charge in [0.15, 0.2) is 0 Å². The molecule has 0 fully saturated rings. The van der Waals surface area contributed by atoms with Crippen LogP contribution in [0.15, 0.2) is 43.7 Å². The molecule has 0 atom stereocenters. The molecule has 0 aromatic heterocycles. The van der Waals surface area contributed by atoms with Crippen LogP contribution >= 0.6 is 47.8 Å². The van der Waals surface area contributed by atoms with E-state index in [0.717, 1.165) is 19.0 Å². The zero-order valence-electron chi connectivity index (χ0n) is 11.3. The molecule has 21 heavy (non-hydrogen) atoms. The molecule has 0 heterocycles. The van der Waals surface area contributed by atoms with Gasteiger partial charge in [0.25, 0.3) is 5.91 Å². The van der Waals surface area contributed by atoms with Crippen LogP contribution < -0.4 is 10.1 Å². The number of halogens is 3. The molecule has 0 aliphatic heterocycles. The summed E-state index contributed by atoms with van der Waals surface area (Å²) in [5, 5.41) is 2.89. The average Bonchev–Trinajstić information content (AvgIpc) is 2.42. The number of hydrogen-bond donors (Lipinski definition) is 1. The fourth-order valence-corrected chi connectivity index (χ4v) is 3.81. The third-order valence-corrected chi connectivity index (χ3v) is 4.58. The Morgan fingerprint density at radius 3 is 2.29 bits per heavy atom. The summed E-state index contributed by atoms with van der Waals surface area (Å²) in [7, 11) is 1.54. The van der Waals surface area contributed by atoms with Crippen molar-refractivity contribution in [2.75, 3.05) is 12.4 Å². The van der Waals surface area contributed by atoms with Crippen LogP contribution in [-0.2, 0) is 0 Å². The molecule has 0 radical (unpaired) electrons. The van der Waals surface area contributed by atoms with Crippen LogP contribution in [0.4, 0.5) is 5.69 Å². The summed E-state index contributed by atoms with van der Waals surface area (Å²) in [4.78, 5) is 12.4. The lowest BCUT2D eigenvalue weighted by atomic mass is 10.1. The van der Waals surface area contributed by atoms with Gasteiger partial charge in [0, 0.05) is 13.4 Å². The Labute approximate surface area is 148 Å². The normalized spacial score (nSPS) is 10.3. The Balaban J connectivity index is 2.35. The maximum atomic E-state index is 12.4. The fraction of sp³-hybridized carbons (Fsp3) is 0.133. The van der Waals surface area contributed by atoms with Crippen molar-refractivity contribution in [3.8, 4) is 5.75 Å². The van der Waals surface area contributed by atoms with Crippen LogP contribution in [0.3, 0.4) is 0 Å². The fourth-order valence-electron chi connectivity index (χ4n) is 1.85. The van der Waals surface area contributed by atoms with Gasteiger partial charge in [-0.15, -0.1) is 0 Å². The number of carbonyl (C=O) groups excluding carboxylic acids is 1. The summed E-state index contributed by atoms with van der Waals surface area (Å²) in [6.45, 7) is 1.98. The molecule has 0 aliphatic rings. The van der Waals surface area contributed by atoms with Crippen molar-refractivity contribution in [1.82, 2.24) is 0 Å². The summed E-state index contributed by atoms with van der Waals surface area (Å²) >= 11 is 10.3. The molecule has 0 saturated carbocycles. The Kier molecular flexibility index (Phi) is 5.46. The van der Waals surface area contributed by atoms with Crippen LogP contribution in [0.5, 0.6) is 5.75 Å². The third kappa shape index (κ3) is 3.87. The van der Waals surface area contributed by atoms with Crippen LogP contribution in [0.1, 0.15) is 15.9 Å². The molecule has 1 amide bonds. The van der Waals surface area contributed by atoms with E-state index in [9.17, 15) is 4.79 Å². The summed E-state index contributed by atoms with van der Waals surface area (Å²) < 4.78 is 7.74. The predicted molar refractivity (Wildman–Crippen MR) is 95.2 cm³/mol. The smallest absolute Gasteiger partial charge is 0.259 e. The Morgan fingerprint density at radius 2 is 1.71 bits per heavy atom. The van der Waals surface area contributed by atoms with Crippen molar-refractivity contribution in [3.05, 3.63) is 54.9 Å². The highest BCUT2D eigenvalue weighted by molar-refractivity contribution is 9.11. The first-order chi connectivity index (χ1) is 9.92. The summed E-state index contributed by atoms with van der Waals surface area (Å²) in [6.07, 6.45) is 0. The van der Waals surface area contributed by atoms with Crippen molar-refractivity contribution in [1.29, 1.82) is 0 Å². The van der Waals surface area contributed by atoms with Crippen molar-refractivity contribution in [3.63, 3.8) is 0 Å². The summed E-state index contributed by atoms with van der Waals surface area (Å²) in [6, 6.07) is 9.16. The second-order valence-electron chi connectivity index (χ2n) is 4.40. The van der Waals surface area contributed by atoms with E-state index in [1.807, 2.05) is 19.1 Å². The number of benzene rings is 2. The highest BCUT2D eigenvalue weighted by Crippen LogP contribution is 2.33. The highest BCUT2D eigenvalue weighted by atomic mass is 79.9. The van der Waals surface area contributed by atoms with E-state index >= 15 is 0 Å². The minimum atomic E-state index is -0.232. The van der Waals surface area contributed by atoms with Gasteiger partial charge < -0.3 is 10.1 Å². The molecule has 6 heteroatoms. The maximum absolute atomic E-state index is 12.4. The molecule has 2 aromatic carbocycles. The van der Waals surface area contributed by atoms with Crippen molar-refractivity contribution >= 4 is 59.4 Å². The van der Waals surface area contributed by atoms with E-state index in [4.69, 9.17) is 4.74 Å². The number of carbonyl (C=O) groups is 1. The van der Waals surface area contributed by atoms with Gasteiger partial charge in [-0.1, -0.05) is 15.9 Å². The van der Waals surface area contributed by atoms with Crippen molar-refractivity contribution < 1.29 is 9.53 Å². The quantitative estimate of drug-likeness (QED) is 0.630. The van der Waals surface area contributed by atoms with Gasteiger partial charge in [-0.2, -0.15) is 0 Å². The van der Waals surface area contributed by atoms with Crippen LogP contribution in [0.2, 0.25) is 0 Å². The van der Waals surface area contributed by atoms with Gasteiger partial charge in [-0.25, -0.2) is 0 Å². The molecule has 0 unspecified atom stereocenters. The Morgan fingerprint density at radius 1 is 1.10 bits per heavy atom. The van der Waals surface area contributed by atoms with Gasteiger partial charge in [-0.05, 0) is 74.7 Å². The predicted octanol–water partition coefficient (Wildman–Crippen LogP) is 5.54. The van der Waals surface area contributed by atoms with Gasteiger partial charge in [0.2, 0.25) is 0 Å². The van der Waals surface area contributed by atoms with Gasteiger partial charge >= 0.3 is 0 Å². The molecule has 1 N–H and O–H groups in total. The monoisotopic (exact) mass is 475 g/mol. The first-order valence-electron chi connectivity index (χ1n) is 6.03. The summed E-state index contributed by atoms with van der Waals surface area (Å²) in [5.74, 6) is 0.283. The van der Waals surface area contributed by atoms with Gasteiger partial charge in [0.05, 0.1) is 18.4 Å². The molecular formula is C15H12Br3NO2. The van der Waals surface area contributed by atoms with E-state index < -0.39 is 0 Å². The zero-order chi connectivity index (χ0) is 15.6. The largest absolute Gasteiger partial charge is 0.496 e. The number of rotatable bonds is 3. The first kappa shape index (κ1) is 16.5. The summed E-state index contributed by atoms with van der Waals surface area (Å²) in [5.41, 5.74) is 2.25. The number of nitrogens with one attached hydrogen (secondary N) is 1. The standard InChI is InChI=1S/C15H12Br3NO2/c1-8-5-11(17)14(12(18)6-8)19-15(20)10-4-3-9(16)7-13(10)21-2/h3-7H,1-2H3,(H,19,20). The molecule has 2 rings (SSSR count). The third-order valence-electron chi connectivity index (χ3n) is 2.83. The zero-order valence-corrected chi connectivity index (χ0v) is 16.1. The molecule has 3 nitrogen and oxygen atoms in total. The maximum Gasteiger partial charge on any atom is 0.259 e. The molecular weight excluding hydrogens is 466 g/mol. The van der Waals surface area contributed by atoms with Crippen molar-refractivity contribution in [2.24, 2.45) is 0 Å².